The molecule has 0 aliphatic carbocycles. The van der Waals surface area contributed by atoms with Crippen LogP contribution in [0.15, 0.2) is 65.6 Å². The second-order valence-electron chi connectivity index (χ2n) is 7.17. The van der Waals surface area contributed by atoms with Gasteiger partial charge in [0.05, 0.1) is 5.75 Å². The lowest BCUT2D eigenvalue weighted by Gasteiger charge is -2.31. The summed E-state index contributed by atoms with van der Waals surface area (Å²) >= 11 is 1.50. The molecule has 0 unspecified atom stereocenters. The predicted octanol–water partition coefficient (Wildman–Crippen LogP) is 4.36. The van der Waals surface area contributed by atoms with E-state index in [0.717, 1.165) is 10.5 Å². The monoisotopic (exact) mass is 398 g/mol. The molecule has 0 radical (unpaired) electrons. The Balaban J connectivity index is 2.14. The Bertz CT molecular complexity index is 735. The molecule has 2 aromatic carbocycles. The van der Waals surface area contributed by atoms with E-state index >= 15 is 0 Å². The normalized spacial score (nSPS) is 11.9. The zero-order valence-corrected chi connectivity index (χ0v) is 17.7. The summed E-state index contributed by atoms with van der Waals surface area (Å²) in [6, 6.07) is 19.2. The number of nitrogens with one attached hydrogen (secondary N) is 1. The number of benzene rings is 2. The van der Waals surface area contributed by atoms with E-state index in [1.165, 1.54) is 11.8 Å². The van der Waals surface area contributed by atoms with Crippen molar-refractivity contribution in [2.45, 2.75) is 44.7 Å². The van der Waals surface area contributed by atoms with Crippen molar-refractivity contribution in [3.05, 3.63) is 66.2 Å². The maximum absolute atomic E-state index is 13.1. The smallest absolute Gasteiger partial charge is 0.242 e. The number of amides is 2. The highest BCUT2D eigenvalue weighted by molar-refractivity contribution is 8.00. The average molecular weight is 399 g/mol. The molecule has 0 saturated carbocycles. The van der Waals surface area contributed by atoms with Crippen LogP contribution in [0.2, 0.25) is 0 Å². The van der Waals surface area contributed by atoms with E-state index in [1.54, 1.807) is 4.90 Å². The Labute approximate surface area is 172 Å². The summed E-state index contributed by atoms with van der Waals surface area (Å²) in [6.45, 7) is 7.12. The molecule has 0 heterocycles. The van der Waals surface area contributed by atoms with Crippen LogP contribution in [-0.2, 0) is 16.1 Å². The zero-order chi connectivity index (χ0) is 20.4. The fourth-order valence-corrected chi connectivity index (χ4v) is 3.67. The van der Waals surface area contributed by atoms with Gasteiger partial charge in [-0.3, -0.25) is 9.59 Å². The molecule has 0 aromatic heterocycles. The molecule has 1 atom stereocenters. The van der Waals surface area contributed by atoms with Gasteiger partial charge in [0, 0.05) is 18.0 Å². The number of thioether (sulfide) groups is 1. The summed E-state index contributed by atoms with van der Waals surface area (Å²) in [6.07, 6.45) is 0.582. The van der Waals surface area contributed by atoms with E-state index in [0.29, 0.717) is 31.2 Å². The van der Waals surface area contributed by atoms with Gasteiger partial charge in [0.15, 0.2) is 0 Å². The Morgan fingerprint density at radius 3 is 2.18 bits per heavy atom. The molecular formula is C23H30N2O2S. The molecule has 0 aliphatic heterocycles. The van der Waals surface area contributed by atoms with E-state index in [-0.39, 0.29) is 11.8 Å². The average Bonchev–Trinajstić information content (AvgIpc) is 2.71. The topological polar surface area (TPSA) is 49.4 Å². The van der Waals surface area contributed by atoms with Gasteiger partial charge in [-0.15, -0.1) is 11.8 Å². The van der Waals surface area contributed by atoms with Crippen molar-refractivity contribution in [2.24, 2.45) is 5.92 Å². The van der Waals surface area contributed by atoms with Crippen molar-refractivity contribution in [2.75, 3.05) is 12.3 Å². The lowest BCUT2D eigenvalue weighted by molar-refractivity contribution is -0.139. The quantitative estimate of drug-likeness (QED) is 0.605. The van der Waals surface area contributed by atoms with Crippen molar-refractivity contribution < 1.29 is 9.59 Å². The highest BCUT2D eigenvalue weighted by Gasteiger charge is 2.28. The van der Waals surface area contributed by atoms with Crippen LogP contribution in [0.3, 0.4) is 0 Å². The fraction of sp³-hybridized carbons (Fsp3) is 0.391. The predicted molar refractivity (Wildman–Crippen MR) is 116 cm³/mol. The van der Waals surface area contributed by atoms with Gasteiger partial charge in [-0.1, -0.05) is 69.3 Å². The van der Waals surface area contributed by atoms with E-state index in [2.05, 4.69) is 19.2 Å². The third-order valence-electron chi connectivity index (χ3n) is 4.37. The molecule has 2 amide bonds. The SMILES string of the molecule is CC[C@@H](C(=O)NCC(C)C)N(Cc1ccccc1)C(=O)CSc1ccccc1. The largest absolute Gasteiger partial charge is 0.354 e. The van der Waals surface area contributed by atoms with Crippen molar-refractivity contribution in [1.82, 2.24) is 10.2 Å². The Morgan fingerprint density at radius 2 is 1.61 bits per heavy atom. The minimum atomic E-state index is -0.470. The maximum Gasteiger partial charge on any atom is 0.242 e. The Morgan fingerprint density at radius 1 is 1.00 bits per heavy atom. The molecule has 0 bridgehead atoms. The lowest BCUT2D eigenvalue weighted by Crippen LogP contribution is -2.50. The van der Waals surface area contributed by atoms with E-state index < -0.39 is 6.04 Å². The molecule has 0 aliphatic rings. The van der Waals surface area contributed by atoms with Crippen LogP contribution in [0.4, 0.5) is 0 Å². The Hall–Kier alpha value is -2.27. The highest BCUT2D eigenvalue weighted by Crippen LogP contribution is 2.20. The lowest BCUT2D eigenvalue weighted by atomic mass is 10.1. The van der Waals surface area contributed by atoms with Gasteiger partial charge in [0.25, 0.3) is 0 Å². The van der Waals surface area contributed by atoms with Crippen molar-refractivity contribution in [1.29, 1.82) is 0 Å². The highest BCUT2D eigenvalue weighted by atomic mass is 32.2. The Kier molecular flexibility index (Phi) is 9.08. The second kappa shape index (κ2) is 11.5. The first kappa shape index (κ1) is 22.0. The second-order valence-corrected chi connectivity index (χ2v) is 8.22. The zero-order valence-electron chi connectivity index (χ0n) is 16.9. The van der Waals surface area contributed by atoms with Crippen LogP contribution in [0.1, 0.15) is 32.8 Å². The van der Waals surface area contributed by atoms with E-state index in [1.807, 2.05) is 67.6 Å². The first-order chi connectivity index (χ1) is 13.5. The molecule has 0 spiro atoms. The third-order valence-corrected chi connectivity index (χ3v) is 5.37. The van der Waals surface area contributed by atoms with Gasteiger partial charge in [-0.2, -0.15) is 0 Å². The van der Waals surface area contributed by atoms with Crippen molar-refractivity contribution in [3.63, 3.8) is 0 Å². The molecule has 1 N–H and O–H groups in total. The summed E-state index contributed by atoms with van der Waals surface area (Å²) < 4.78 is 0. The maximum atomic E-state index is 13.1. The number of hydrogen-bond acceptors (Lipinski definition) is 3. The summed E-state index contributed by atoms with van der Waals surface area (Å²) in [4.78, 5) is 28.6. The van der Waals surface area contributed by atoms with Crippen LogP contribution < -0.4 is 5.32 Å². The summed E-state index contributed by atoms with van der Waals surface area (Å²) in [5.74, 6) is 0.577. The van der Waals surface area contributed by atoms with Gasteiger partial charge >= 0.3 is 0 Å². The minimum Gasteiger partial charge on any atom is -0.354 e. The third kappa shape index (κ3) is 7.04. The molecule has 4 nitrogen and oxygen atoms in total. The minimum absolute atomic E-state index is 0.0238. The first-order valence-electron chi connectivity index (χ1n) is 9.80. The van der Waals surface area contributed by atoms with Crippen LogP contribution in [0.25, 0.3) is 0 Å². The van der Waals surface area contributed by atoms with Gasteiger partial charge in [-0.25, -0.2) is 0 Å². The van der Waals surface area contributed by atoms with Gasteiger partial charge < -0.3 is 10.2 Å². The van der Waals surface area contributed by atoms with Gasteiger partial charge in [-0.05, 0) is 30.0 Å². The molecular weight excluding hydrogens is 368 g/mol. The first-order valence-corrected chi connectivity index (χ1v) is 10.8. The molecule has 2 aromatic rings. The number of carbonyl (C=O) groups excluding carboxylic acids is 2. The van der Waals surface area contributed by atoms with Crippen LogP contribution in [0.5, 0.6) is 0 Å². The summed E-state index contributed by atoms with van der Waals surface area (Å²) in [5.41, 5.74) is 1.02. The molecule has 0 saturated heterocycles. The van der Waals surface area contributed by atoms with Gasteiger partial charge in [0.1, 0.15) is 6.04 Å². The van der Waals surface area contributed by atoms with E-state index in [9.17, 15) is 9.59 Å². The molecule has 150 valence electrons. The van der Waals surface area contributed by atoms with Crippen LogP contribution in [0, 0.1) is 5.92 Å². The van der Waals surface area contributed by atoms with Crippen LogP contribution >= 0.6 is 11.8 Å². The van der Waals surface area contributed by atoms with Crippen molar-refractivity contribution in [3.8, 4) is 0 Å². The number of carbonyl (C=O) groups is 2. The molecule has 0 fully saturated rings. The number of rotatable bonds is 10. The van der Waals surface area contributed by atoms with Gasteiger partial charge in [0.2, 0.25) is 11.8 Å². The molecule has 2 rings (SSSR count). The molecule has 5 heteroatoms. The fourth-order valence-electron chi connectivity index (χ4n) is 2.87. The van der Waals surface area contributed by atoms with Crippen LogP contribution in [-0.4, -0.2) is 35.1 Å². The van der Waals surface area contributed by atoms with Crippen molar-refractivity contribution >= 4 is 23.6 Å². The number of nitrogens with zero attached hydrogens (tertiary/aromatic N) is 1. The summed E-state index contributed by atoms with van der Waals surface area (Å²) in [5, 5.41) is 2.99. The van der Waals surface area contributed by atoms with E-state index in [4.69, 9.17) is 0 Å². The summed E-state index contributed by atoms with van der Waals surface area (Å²) in [7, 11) is 0. The standard InChI is InChI=1S/C23H30N2O2S/c1-4-21(23(27)24-15-18(2)3)25(16-19-11-7-5-8-12-19)22(26)17-28-20-13-9-6-10-14-20/h5-14,18,21H,4,15-17H2,1-3H3,(H,24,27)/t21-/m0/s1. The molecule has 28 heavy (non-hydrogen) atoms. The number of hydrogen-bond donors (Lipinski definition) is 1.